The first-order chi connectivity index (χ1) is 10.2. The zero-order chi connectivity index (χ0) is 16.3. The fourth-order valence-corrected chi connectivity index (χ4v) is 13.1. The van der Waals surface area contributed by atoms with E-state index in [4.69, 9.17) is 9.47 Å². The van der Waals surface area contributed by atoms with Gasteiger partial charge < -0.3 is 9.47 Å². The zero-order valence-corrected chi connectivity index (χ0v) is 15.7. The van der Waals surface area contributed by atoms with E-state index >= 15 is 0 Å². The van der Waals surface area contributed by atoms with E-state index < -0.39 is 19.4 Å². The Labute approximate surface area is 134 Å². The second-order valence-corrected chi connectivity index (χ2v) is 13.9. The fourth-order valence-electron chi connectivity index (χ4n) is 5.80. The minimum Gasteiger partial charge on any atom is -0.437 e. The summed E-state index contributed by atoms with van der Waals surface area (Å²) in [5.74, 6) is 0. The summed E-state index contributed by atoms with van der Waals surface area (Å²) in [5.41, 5.74) is 0.590. The van der Waals surface area contributed by atoms with Gasteiger partial charge in [0, 0.05) is 12.8 Å². The van der Waals surface area contributed by atoms with Gasteiger partial charge in [-0.25, -0.2) is 4.79 Å². The number of alkyl carbamates (subject to hydrolysis) is 1. The average Bonchev–Trinajstić information content (AvgIpc) is 2.91. The maximum atomic E-state index is 12.0. The predicted octanol–water partition coefficient (Wildman–Crippen LogP) is 4.13. The molecule has 1 amide bonds. The number of nitrogens with one attached hydrogen (secondary N) is 1. The van der Waals surface area contributed by atoms with Crippen molar-refractivity contribution in [1.82, 2.24) is 5.32 Å². The van der Waals surface area contributed by atoms with Crippen LogP contribution in [0.2, 0.25) is 16.6 Å². The Bertz CT molecular complexity index is 506. The van der Waals surface area contributed by atoms with Crippen molar-refractivity contribution in [1.29, 1.82) is 0 Å². The monoisotopic (exact) mass is 323 g/mol. The van der Waals surface area contributed by atoms with Gasteiger partial charge in [-0.05, 0) is 21.8 Å². The Hall–Kier alpha value is -0.813. The van der Waals surface area contributed by atoms with Crippen LogP contribution >= 0.6 is 0 Å². The normalized spacial score (nSPS) is 34.0. The van der Waals surface area contributed by atoms with E-state index in [1.54, 1.807) is 0 Å². The van der Waals surface area contributed by atoms with E-state index in [-0.39, 0.29) is 6.09 Å². The number of hydrogen-bond acceptors (Lipinski definition) is 3. The summed E-state index contributed by atoms with van der Waals surface area (Å²) < 4.78 is 12.0. The van der Waals surface area contributed by atoms with Gasteiger partial charge in [0.05, 0.1) is 14.7 Å². The summed E-state index contributed by atoms with van der Waals surface area (Å²) >= 11 is 0. The molecule has 2 heterocycles. The molecule has 0 saturated carbocycles. The van der Waals surface area contributed by atoms with Crippen LogP contribution in [0.4, 0.5) is 4.79 Å². The molecule has 0 spiro atoms. The molecule has 0 radical (unpaired) electrons. The third-order valence-electron chi connectivity index (χ3n) is 6.38. The molecule has 0 bridgehead atoms. The molecule has 2 aliphatic heterocycles. The molecule has 2 atom stereocenters. The maximum absolute atomic E-state index is 12.0. The predicted molar refractivity (Wildman–Crippen MR) is 89.4 cm³/mol. The topological polar surface area (TPSA) is 47.6 Å². The first-order valence-corrected chi connectivity index (χ1v) is 10.8. The zero-order valence-electron chi connectivity index (χ0n) is 14.7. The molecule has 2 saturated heterocycles. The lowest BCUT2D eigenvalue weighted by atomic mass is 9.93. The van der Waals surface area contributed by atoms with Crippen LogP contribution in [0, 0.1) is 0 Å². The highest BCUT2D eigenvalue weighted by atomic mass is 28.3. The van der Waals surface area contributed by atoms with Gasteiger partial charge in [0.1, 0.15) is 0 Å². The van der Waals surface area contributed by atoms with E-state index in [0.29, 0.717) is 23.2 Å². The summed E-state index contributed by atoms with van der Waals surface area (Å²) in [4.78, 5) is 12.0. The molecule has 2 fully saturated rings. The van der Waals surface area contributed by atoms with E-state index in [2.05, 4.69) is 52.9 Å². The Morgan fingerprint density at radius 1 is 1.14 bits per heavy atom. The van der Waals surface area contributed by atoms with Crippen LogP contribution in [0.1, 0.15) is 54.4 Å². The lowest BCUT2D eigenvalue weighted by Gasteiger charge is -2.49. The molecule has 1 aliphatic carbocycles. The molecule has 124 valence electrons. The van der Waals surface area contributed by atoms with Crippen molar-refractivity contribution in [3.05, 3.63) is 11.3 Å². The summed E-state index contributed by atoms with van der Waals surface area (Å²) in [7, 11) is -1.87. The highest BCUT2D eigenvalue weighted by molar-refractivity contribution is 6.90. The van der Waals surface area contributed by atoms with Crippen LogP contribution in [0.25, 0.3) is 0 Å². The first kappa shape index (κ1) is 16.1. The van der Waals surface area contributed by atoms with Crippen molar-refractivity contribution in [2.45, 2.75) is 82.3 Å². The van der Waals surface area contributed by atoms with Crippen LogP contribution in [-0.2, 0) is 9.47 Å². The van der Waals surface area contributed by atoms with Crippen molar-refractivity contribution in [2.24, 2.45) is 0 Å². The third-order valence-corrected chi connectivity index (χ3v) is 13.6. The molecule has 3 rings (SSSR count). The van der Waals surface area contributed by atoms with Gasteiger partial charge in [-0.1, -0.05) is 47.6 Å². The molecule has 0 aromatic heterocycles. The third kappa shape index (κ3) is 1.64. The number of amides is 1. The van der Waals surface area contributed by atoms with Crippen molar-refractivity contribution < 1.29 is 14.3 Å². The summed E-state index contributed by atoms with van der Waals surface area (Å²) in [6.07, 6.45) is 3.63. The van der Waals surface area contributed by atoms with Crippen LogP contribution in [0.15, 0.2) is 11.3 Å². The Kier molecular flexibility index (Phi) is 3.53. The van der Waals surface area contributed by atoms with Crippen LogP contribution in [0.3, 0.4) is 0 Å². The largest absolute Gasteiger partial charge is 0.437 e. The lowest BCUT2D eigenvalue weighted by Crippen LogP contribution is -2.62. The maximum Gasteiger partial charge on any atom is 0.410 e. The fraction of sp³-hybridized carbons (Fsp3) is 0.824. The van der Waals surface area contributed by atoms with Crippen LogP contribution in [-0.4, -0.2) is 32.1 Å². The molecule has 0 unspecified atom stereocenters. The van der Waals surface area contributed by atoms with Gasteiger partial charge in [0.2, 0.25) is 5.72 Å². The van der Waals surface area contributed by atoms with Gasteiger partial charge in [-0.15, -0.1) is 0 Å². The number of rotatable bonds is 4. The quantitative estimate of drug-likeness (QED) is 0.791. The highest BCUT2D eigenvalue weighted by Gasteiger charge is 2.72. The van der Waals surface area contributed by atoms with E-state index in [9.17, 15) is 4.79 Å². The second kappa shape index (κ2) is 4.84. The molecular formula is C17H29NO3Si. The van der Waals surface area contributed by atoms with E-state index in [0.717, 1.165) is 12.8 Å². The van der Waals surface area contributed by atoms with E-state index in [1.165, 1.54) is 5.20 Å². The molecule has 1 N–H and O–H groups in total. The standard InChI is InChI=1S/C17H29NO3Si/c1-11(2)22(12(3)4,13(5)6)14-7-8-16-9-10-20-17(14,16)18-15(19)21-16/h7,11-13H,8-10H2,1-6H3,(H,18,19)/t16-,17+/m1/s1. The lowest BCUT2D eigenvalue weighted by molar-refractivity contribution is -0.0449. The van der Waals surface area contributed by atoms with Gasteiger partial charge in [0.15, 0.2) is 5.60 Å². The first-order valence-electron chi connectivity index (χ1n) is 8.59. The molecule has 0 aromatic rings. The van der Waals surface area contributed by atoms with Crippen molar-refractivity contribution in [2.75, 3.05) is 6.61 Å². The molecule has 5 heteroatoms. The summed E-state index contributed by atoms with van der Waals surface area (Å²) in [5, 5.41) is 4.46. The molecular weight excluding hydrogens is 294 g/mol. The number of hydrogen-bond donors (Lipinski definition) is 1. The molecule has 3 aliphatic rings. The molecule has 0 aromatic carbocycles. The minimum absolute atomic E-state index is 0.315. The van der Waals surface area contributed by atoms with Crippen molar-refractivity contribution >= 4 is 14.2 Å². The molecule has 4 nitrogen and oxygen atoms in total. The van der Waals surface area contributed by atoms with Gasteiger partial charge >= 0.3 is 6.09 Å². The highest BCUT2D eigenvalue weighted by Crippen LogP contribution is 2.60. The van der Waals surface area contributed by atoms with E-state index in [1.807, 2.05) is 0 Å². The number of carbonyl (C=O) groups excluding carboxylic acids is 1. The van der Waals surface area contributed by atoms with Crippen molar-refractivity contribution in [3.8, 4) is 0 Å². The van der Waals surface area contributed by atoms with Crippen LogP contribution < -0.4 is 5.32 Å². The smallest absolute Gasteiger partial charge is 0.410 e. The van der Waals surface area contributed by atoms with Crippen molar-refractivity contribution in [3.63, 3.8) is 0 Å². The summed E-state index contributed by atoms with van der Waals surface area (Å²) in [6, 6.07) is 0. The van der Waals surface area contributed by atoms with Gasteiger partial charge in [-0.2, -0.15) is 0 Å². The number of ether oxygens (including phenoxy) is 2. The molecule has 22 heavy (non-hydrogen) atoms. The Morgan fingerprint density at radius 2 is 1.73 bits per heavy atom. The Balaban J connectivity index is 2.16. The van der Waals surface area contributed by atoms with Gasteiger partial charge in [0.25, 0.3) is 0 Å². The second-order valence-electron chi connectivity index (χ2n) is 8.01. The van der Waals surface area contributed by atoms with Gasteiger partial charge in [-0.3, -0.25) is 5.32 Å². The number of carbonyl (C=O) groups is 1. The Morgan fingerprint density at radius 3 is 2.27 bits per heavy atom. The van der Waals surface area contributed by atoms with Crippen LogP contribution in [0.5, 0.6) is 0 Å². The minimum atomic E-state index is -1.87. The summed E-state index contributed by atoms with van der Waals surface area (Å²) in [6.45, 7) is 14.7. The average molecular weight is 324 g/mol. The SMILES string of the molecule is CC(C)[Si](C1=CC[C@@]23CCO[C@@]12NC(=O)O3)(C(C)C)C(C)C.